The molecular weight excluding hydrogens is 616 g/mol. The van der Waals surface area contributed by atoms with Gasteiger partial charge in [0.15, 0.2) is 12.1 Å². The van der Waals surface area contributed by atoms with E-state index in [1.54, 1.807) is 29.7 Å². The van der Waals surface area contributed by atoms with E-state index in [0.29, 0.717) is 40.7 Å². The summed E-state index contributed by atoms with van der Waals surface area (Å²) in [6.45, 7) is 10.2. The Morgan fingerprint density at radius 2 is 1.70 bits per heavy atom. The lowest BCUT2D eigenvalue weighted by atomic mass is 9.95. The van der Waals surface area contributed by atoms with Gasteiger partial charge in [-0.1, -0.05) is 54.1 Å². The summed E-state index contributed by atoms with van der Waals surface area (Å²) in [7, 11) is 3.35. The second-order valence-electron chi connectivity index (χ2n) is 12.6. The van der Waals surface area contributed by atoms with Crippen LogP contribution in [-0.2, 0) is 24.8 Å². The molecule has 47 heavy (non-hydrogen) atoms. The number of halogens is 1. The average molecular weight is 655 g/mol. The lowest BCUT2D eigenvalue weighted by Crippen LogP contribution is -2.40. The molecule has 0 aliphatic carbocycles. The predicted octanol–water partition coefficient (Wildman–Crippen LogP) is 7.89. The van der Waals surface area contributed by atoms with Gasteiger partial charge in [0.25, 0.3) is 5.91 Å². The number of carbonyl (C=O) groups is 3. The van der Waals surface area contributed by atoms with Crippen molar-refractivity contribution in [3.8, 4) is 16.9 Å². The number of nitrogens with one attached hydrogen (secondary N) is 1. The number of nitrogens with zero attached hydrogens (tertiary/aromatic N) is 3. The molecule has 10 heteroatoms. The van der Waals surface area contributed by atoms with Crippen LogP contribution in [0, 0.1) is 13.8 Å². The Labute approximate surface area is 280 Å². The molecule has 0 fully saturated rings. The maximum atomic E-state index is 13.5. The number of ether oxygens (including phenoxy) is 2. The zero-order valence-electron chi connectivity index (χ0n) is 27.7. The van der Waals surface area contributed by atoms with Crippen molar-refractivity contribution in [1.29, 1.82) is 0 Å². The molecule has 0 saturated heterocycles. The van der Waals surface area contributed by atoms with E-state index < -0.39 is 17.6 Å². The maximum absolute atomic E-state index is 13.5. The molecule has 1 N–H and O–H groups in total. The summed E-state index contributed by atoms with van der Waals surface area (Å²) in [5.41, 5.74) is 7.54. The van der Waals surface area contributed by atoms with Crippen molar-refractivity contribution in [2.24, 2.45) is 7.05 Å². The standard InChI is InChI=1S/C37H39ClN4O5/c1-22-18-26(21-43)32(46-7)19-25(22)15-14-24-10-8-11-27(23(24)2)28-12-9-13-29(33(28)38)40-35(44)34-39-30-20-42(17-16-31(30)41(34)6)36(45)47-37(3,4)5/h8-15,18-19,21H,16-17,20H2,1-7H3,(H,40,44)/b15-14+. The summed E-state index contributed by atoms with van der Waals surface area (Å²) in [6, 6.07) is 15.2. The molecule has 2 amide bonds. The van der Waals surface area contributed by atoms with Gasteiger partial charge in [-0.05, 0) is 80.6 Å². The van der Waals surface area contributed by atoms with Crippen LogP contribution >= 0.6 is 11.6 Å². The quantitative estimate of drug-likeness (QED) is 0.161. The summed E-state index contributed by atoms with van der Waals surface area (Å²) in [5, 5.41) is 3.36. The van der Waals surface area contributed by atoms with Crippen molar-refractivity contribution in [1.82, 2.24) is 14.5 Å². The molecule has 0 spiro atoms. The van der Waals surface area contributed by atoms with E-state index in [4.69, 9.17) is 21.1 Å². The summed E-state index contributed by atoms with van der Waals surface area (Å²) in [4.78, 5) is 43.8. The number of fused-ring (bicyclic) bond motifs is 1. The number of methoxy groups -OCH3 is 1. The van der Waals surface area contributed by atoms with E-state index >= 15 is 0 Å². The van der Waals surface area contributed by atoms with Crippen LogP contribution in [-0.4, -0.2) is 52.0 Å². The Bertz CT molecular complexity index is 1900. The van der Waals surface area contributed by atoms with Gasteiger partial charge in [-0.2, -0.15) is 0 Å². The smallest absolute Gasteiger partial charge is 0.410 e. The summed E-state index contributed by atoms with van der Waals surface area (Å²) in [6.07, 6.45) is 4.96. The zero-order valence-corrected chi connectivity index (χ0v) is 28.5. The molecule has 1 aliphatic heterocycles. The molecule has 3 aromatic carbocycles. The van der Waals surface area contributed by atoms with Crippen molar-refractivity contribution >= 4 is 47.7 Å². The van der Waals surface area contributed by atoms with Crippen LogP contribution in [0.15, 0.2) is 48.5 Å². The number of hydrogen-bond donors (Lipinski definition) is 1. The number of anilines is 1. The highest BCUT2D eigenvalue weighted by Crippen LogP contribution is 2.37. The van der Waals surface area contributed by atoms with Crippen LogP contribution in [0.2, 0.25) is 5.02 Å². The van der Waals surface area contributed by atoms with Gasteiger partial charge in [-0.3, -0.25) is 9.59 Å². The van der Waals surface area contributed by atoms with Crippen molar-refractivity contribution in [3.63, 3.8) is 0 Å². The van der Waals surface area contributed by atoms with E-state index in [1.165, 1.54) is 0 Å². The van der Waals surface area contributed by atoms with Gasteiger partial charge >= 0.3 is 6.09 Å². The van der Waals surface area contributed by atoms with Gasteiger partial charge in [-0.15, -0.1) is 0 Å². The summed E-state index contributed by atoms with van der Waals surface area (Å²) in [5.74, 6) is 0.360. The lowest BCUT2D eigenvalue weighted by Gasteiger charge is -2.29. The van der Waals surface area contributed by atoms with Gasteiger partial charge in [0.2, 0.25) is 0 Å². The van der Waals surface area contributed by atoms with Crippen molar-refractivity contribution in [2.45, 2.75) is 53.2 Å². The molecular formula is C37H39ClN4O5. The SMILES string of the molecule is COc1cc(/C=C/c2cccc(-c3cccc(NC(=O)c4nc5c(n4C)CCN(C(=O)OC(C)(C)C)C5)c3Cl)c2C)c(C)cc1C=O. The minimum atomic E-state index is -0.601. The third kappa shape index (κ3) is 7.10. The lowest BCUT2D eigenvalue weighted by molar-refractivity contribution is 0.0220. The molecule has 1 aliphatic rings. The molecule has 5 rings (SSSR count). The number of aldehydes is 1. The van der Waals surface area contributed by atoms with Crippen LogP contribution in [0.5, 0.6) is 5.75 Å². The van der Waals surface area contributed by atoms with Crippen molar-refractivity contribution in [3.05, 3.63) is 98.6 Å². The van der Waals surface area contributed by atoms with Crippen molar-refractivity contribution < 1.29 is 23.9 Å². The number of aryl methyl sites for hydroxylation is 1. The molecule has 0 bridgehead atoms. The fourth-order valence-corrected chi connectivity index (χ4v) is 5.98. The summed E-state index contributed by atoms with van der Waals surface area (Å²) < 4.78 is 12.7. The number of rotatable bonds is 7. The molecule has 0 radical (unpaired) electrons. The third-order valence-electron chi connectivity index (χ3n) is 8.21. The first kappa shape index (κ1) is 33.5. The zero-order chi connectivity index (χ0) is 34.0. The number of carbonyl (C=O) groups excluding carboxylic acids is 3. The number of imidazole rings is 1. The molecule has 2 heterocycles. The fraction of sp³-hybridized carbons (Fsp3) is 0.297. The molecule has 0 unspecified atom stereocenters. The summed E-state index contributed by atoms with van der Waals surface area (Å²) >= 11 is 6.94. The van der Waals surface area contributed by atoms with Crippen LogP contribution < -0.4 is 10.1 Å². The van der Waals surface area contributed by atoms with Gasteiger partial charge in [-0.25, -0.2) is 9.78 Å². The van der Waals surface area contributed by atoms with Crippen molar-refractivity contribution in [2.75, 3.05) is 19.0 Å². The fourth-order valence-electron chi connectivity index (χ4n) is 5.71. The molecule has 4 aromatic rings. The number of benzene rings is 3. The normalized spacial score (nSPS) is 13.0. The monoisotopic (exact) mass is 654 g/mol. The third-order valence-corrected chi connectivity index (χ3v) is 8.62. The van der Waals surface area contributed by atoms with E-state index in [2.05, 4.69) is 10.3 Å². The second-order valence-corrected chi connectivity index (χ2v) is 13.0. The van der Waals surface area contributed by atoms with Gasteiger partial charge in [0.1, 0.15) is 11.4 Å². The van der Waals surface area contributed by atoms with Gasteiger partial charge in [0, 0.05) is 31.3 Å². The minimum Gasteiger partial charge on any atom is -0.496 e. The van der Waals surface area contributed by atoms with E-state index in [0.717, 1.165) is 45.4 Å². The molecule has 0 saturated carbocycles. The van der Waals surface area contributed by atoms with Crippen LogP contribution in [0.4, 0.5) is 10.5 Å². The number of amides is 2. The van der Waals surface area contributed by atoms with Crippen LogP contribution in [0.1, 0.15) is 75.4 Å². The highest BCUT2D eigenvalue weighted by molar-refractivity contribution is 6.36. The second kappa shape index (κ2) is 13.5. The molecule has 9 nitrogen and oxygen atoms in total. The highest BCUT2D eigenvalue weighted by atomic mass is 35.5. The molecule has 244 valence electrons. The first-order valence-electron chi connectivity index (χ1n) is 15.4. The molecule has 1 aromatic heterocycles. The van der Waals surface area contributed by atoms with E-state index in [-0.39, 0.29) is 12.4 Å². The first-order chi connectivity index (χ1) is 22.3. The van der Waals surface area contributed by atoms with Crippen LogP contribution in [0.25, 0.3) is 23.3 Å². The highest BCUT2D eigenvalue weighted by Gasteiger charge is 2.30. The van der Waals surface area contributed by atoms with Gasteiger partial charge < -0.3 is 24.3 Å². The van der Waals surface area contributed by atoms with Gasteiger partial charge in [0.05, 0.1) is 35.6 Å². The van der Waals surface area contributed by atoms with Crippen LogP contribution in [0.3, 0.4) is 0 Å². The Kier molecular flexibility index (Phi) is 9.58. The Morgan fingerprint density at radius 1 is 1.00 bits per heavy atom. The Morgan fingerprint density at radius 3 is 2.40 bits per heavy atom. The average Bonchev–Trinajstić information content (AvgIpc) is 3.36. The van der Waals surface area contributed by atoms with E-state index in [1.807, 2.05) is 89.2 Å². The topological polar surface area (TPSA) is 103 Å². The van der Waals surface area contributed by atoms with E-state index in [9.17, 15) is 14.4 Å². The minimum absolute atomic E-state index is 0.235. The predicted molar refractivity (Wildman–Crippen MR) is 185 cm³/mol. The number of aromatic nitrogens is 2. The number of hydrogen-bond acceptors (Lipinski definition) is 6. The maximum Gasteiger partial charge on any atom is 0.410 e. The first-order valence-corrected chi connectivity index (χ1v) is 15.7. The largest absolute Gasteiger partial charge is 0.496 e. The Hall–Kier alpha value is -4.89. The molecule has 0 atom stereocenters. The Balaban J connectivity index is 1.37.